The number of hydrogen-bond donors (Lipinski definition) is 1. The lowest BCUT2D eigenvalue weighted by atomic mass is 9.90. The lowest BCUT2D eigenvalue weighted by Crippen LogP contribution is -2.30. The molecular weight excluding hydrogens is 166 g/mol. The van der Waals surface area contributed by atoms with Crippen molar-refractivity contribution >= 4 is 5.97 Å². The Kier molecular flexibility index (Phi) is 3.72. The van der Waals surface area contributed by atoms with Crippen molar-refractivity contribution in [1.29, 1.82) is 0 Å². The molecule has 0 aliphatic carbocycles. The minimum absolute atomic E-state index is 0.194. The van der Waals surface area contributed by atoms with Gasteiger partial charge in [0.1, 0.15) is 0 Å². The van der Waals surface area contributed by atoms with E-state index < -0.39 is 5.97 Å². The number of hydrogen-bond acceptors (Lipinski definition) is 2. The van der Waals surface area contributed by atoms with Crippen LogP contribution < -0.4 is 0 Å². The van der Waals surface area contributed by atoms with E-state index in [-0.39, 0.29) is 5.92 Å². The maximum atomic E-state index is 10.8. The molecule has 2 unspecified atom stereocenters. The predicted octanol–water partition coefficient (Wildman–Crippen LogP) is 1.44. The van der Waals surface area contributed by atoms with Crippen LogP contribution in [-0.2, 0) is 4.79 Å². The third-order valence-corrected chi connectivity index (χ3v) is 3.01. The molecule has 3 heteroatoms. The van der Waals surface area contributed by atoms with Gasteiger partial charge in [-0.15, -0.1) is 0 Å². The van der Waals surface area contributed by atoms with E-state index in [0.29, 0.717) is 5.92 Å². The molecule has 76 valence electrons. The second-order valence-corrected chi connectivity index (χ2v) is 4.15. The maximum absolute atomic E-state index is 10.8. The van der Waals surface area contributed by atoms with Gasteiger partial charge in [-0.1, -0.05) is 13.3 Å². The Morgan fingerprint density at radius 1 is 1.54 bits per heavy atom. The van der Waals surface area contributed by atoms with Gasteiger partial charge in [0.25, 0.3) is 0 Å². The van der Waals surface area contributed by atoms with Crippen molar-refractivity contribution in [2.75, 3.05) is 20.1 Å². The first kappa shape index (κ1) is 10.5. The zero-order chi connectivity index (χ0) is 9.84. The highest BCUT2D eigenvalue weighted by molar-refractivity contribution is 5.69. The molecule has 3 nitrogen and oxygen atoms in total. The molecule has 1 heterocycles. The summed E-state index contributed by atoms with van der Waals surface area (Å²) in [5.41, 5.74) is 0. The Bertz CT molecular complexity index is 182. The molecule has 1 fully saturated rings. The van der Waals surface area contributed by atoms with Gasteiger partial charge in [0.05, 0.1) is 5.92 Å². The van der Waals surface area contributed by atoms with E-state index in [2.05, 4.69) is 11.9 Å². The highest BCUT2D eigenvalue weighted by Gasteiger charge is 2.25. The molecule has 1 N–H and O–H groups in total. The quantitative estimate of drug-likeness (QED) is 0.707. The molecule has 0 aromatic carbocycles. The summed E-state index contributed by atoms with van der Waals surface area (Å²) in [4.78, 5) is 13.0. The average Bonchev–Trinajstić information content (AvgIpc) is 2.28. The van der Waals surface area contributed by atoms with Crippen molar-refractivity contribution in [2.45, 2.75) is 26.2 Å². The smallest absolute Gasteiger partial charge is 0.306 e. The SMILES string of the molecule is CC(C(=O)O)C1CCCCN(C)C1. The fourth-order valence-electron chi connectivity index (χ4n) is 1.98. The van der Waals surface area contributed by atoms with E-state index in [4.69, 9.17) is 5.11 Å². The molecule has 1 saturated heterocycles. The van der Waals surface area contributed by atoms with Crippen LogP contribution in [0.4, 0.5) is 0 Å². The largest absolute Gasteiger partial charge is 0.481 e. The van der Waals surface area contributed by atoms with E-state index in [1.165, 1.54) is 12.8 Å². The van der Waals surface area contributed by atoms with Gasteiger partial charge >= 0.3 is 5.97 Å². The fraction of sp³-hybridized carbons (Fsp3) is 0.900. The first-order chi connectivity index (χ1) is 6.11. The number of nitrogens with zero attached hydrogens (tertiary/aromatic N) is 1. The zero-order valence-electron chi connectivity index (χ0n) is 8.49. The van der Waals surface area contributed by atoms with Crippen LogP contribution in [0, 0.1) is 11.8 Å². The number of carbonyl (C=O) groups is 1. The average molecular weight is 185 g/mol. The van der Waals surface area contributed by atoms with Gasteiger partial charge < -0.3 is 10.0 Å². The number of rotatable bonds is 2. The first-order valence-electron chi connectivity index (χ1n) is 5.02. The minimum Gasteiger partial charge on any atom is -0.481 e. The third kappa shape index (κ3) is 2.99. The summed E-state index contributed by atoms with van der Waals surface area (Å²) in [6.07, 6.45) is 3.45. The van der Waals surface area contributed by atoms with Crippen molar-refractivity contribution in [2.24, 2.45) is 11.8 Å². The molecule has 2 atom stereocenters. The molecule has 1 aliphatic rings. The lowest BCUT2D eigenvalue weighted by molar-refractivity contribution is -0.143. The van der Waals surface area contributed by atoms with Crippen LogP contribution >= 0.6 is 0 Å². The highest BCUT2D eigenvalue weighted by Crippen LogP contribution is 2.22. The standard InChI is InChI=1S/C10H19NO2/c1-8(10(12)13)9-5-3-4-6-11(2)7-9/h8-9H,3-7H2,1-2H3,(H,12,13). The molecular formula is C10H19NO2. The molecule has 0 aromatic rings. The topological polar surface area (TPSA) is 40.5 Å². The van der Waals surface area contributed by atoms with Crippen LogP contribution in [0.2, 0.25) is 0 Å². The van der Waals surface area contributed by atoms with Crippen LogP contribution in [-0.4, -0.2) is 36.1 Å². The summed E-state index contributed by atoms with van der Waals surface area (Å²) < 4.78 is 0. The van der Waals surface area contributed by atoms with Crippen LogP contribution in [0.1, 0.15) is 26.2 Å². The van der Waals surface area contributed by atoms with E-state index >= 15 is 0 Å². The van der Waals surface area contributed by atoms with Crippen molar-refractivity contribution in [3.8, 4) is 0 Å². The summed E-state index contributed by atoms with van der Waals surface area (Å²) in [6.45, 7) is 3.88. The summed E-state index contributed by atoms with van der Waals surface area (Å²) in [7, 11) is 2.08. The van der Waals surface area contributed by atoms with E-state index in [1.54, 1.807) is 0 Å². The van der Waals surface area contributed by atoms with Gasteiger partial charge in [0, 0.05) is 6.54 Å². The normalized spacial score (nSPS) is 28.0. The Morgan fingerprint density at radius 2 is 2.23 bits per heavy atom. The molecule has 0 radical (unpaired) electrons. The summed E-state index contributed by atoms with van der Waals surface area (Å²) in [5.74, 6) is -0.508. The molecule has 0 bridgehead atoms. The van der Waals surface area contributed by atoms with Crippen LogP contribution in [0.25, 0.3) is 0 Å². The number of aliphatic carboxylic acids is 1. The number of carboxylic acid groups (broad SMARTS) is 1. The Balaban J connectivity index is 2.51. The molecule has 0 aromatic heterocycles. The van der Waals surface area contributed by atoms with E-state index in [9.17, 15) is 4.79 Å². The molecule has 0 saturated carbocycles. The van der Waals surface area contributed by atoms with Gasteiger partial charge in [0.15, 0.2) is 0 Å². The van der Waals surface area contributed by atoms with Gasteiger partial charge in [-0.3, -0.25) is 4.79 Å². The Hall–Kier alpha value is -0.570. The molecule has 1 aliphatic heterocycles. The minimum atomic E-state index is -0.652. The second kappa shape index (κ2) is 4.61. The first-order valence-corrected chi connectivity index (χ1v) is 5.02. The van der Waals surface area contributed by atoms with E-state index in [1.807, 2.05) is 6.92 Å². The van der Waals surface area contributed by atoms with Crippen LogP contribution in [0.5, 0.6) is 0 Å². The van der Waals surface area contributed by atoms with Gasteiger partial charge in [-0.2, -0.15) is 0 Å². The lowest BCUT2D eigenvalue weighted by Gasteiger charge is -2.22. The van der Waals surface area contributed by atoms with Crippen molar-refractivity contribution in [1.82, 2.24) is 4.90 Å². The fourth-order valence-corrected chi connectivity index (χ4v) is 1.98. The number of carboxylic acids is 1. The summed E-state index contributed by atoms with van der Waals surface area (Å²) in [6, 6.07) is 0. The van der Waals surface area contributed by atoms with Crippen LogP contribution in [0.15, 0.2) is 0 Å². The van der Waals surface area contributed by atoms with Crippen molar-refractivity contribution < 1.29 is 9.90 Å². The zero-order valence-corrected chi connectivity index (χ0v) is 8.49. The molecule has 0 spiro atoms. The Labute approximate surface area is 79.7 Å². The maximum Gasteiger partial charge on any atom is 0.306 e. The summed E-state index contributed by atoms with van der Waals surface area (Å²) >= 11 is 0. The van der Waals surface area contributed by atoms with Gasteiger partial charge in [-0.05, 0) is 32.4 Å². The van der Waals surface area contributed by atoms with Crippen LogP contribution in [0.3, 0.4) is 0 Å². The molecule has 13 heavy (non-hydrogen) atoms. The van der Waals surface area contributed by atoms with Crippen molar-refractivity contribution in [3.63, 3.8) is 0 Å². The highest BCUT2D eigenvalue weighted by atomic mass is 16.4. The van der Waals surface area contributed by atoms with E-state index in [0.717, 1.165) is 19.5 Å². The molecule has 0 amide bonds. The van der Waals surface area contributed by atoms with Crippen molar-refractivity contribution in [3.05, 3.63) is 0 Å². The summed E-state index contributed by atoms with van der Waals surface area (Å²) in [5, 5.41) is 8.89. The molecule has 1 rings (SSSR count). The van der Waals surface area contributed by atoms with Gasteiger partial charge in [-0.25, -0.2) is 0 Å². The number of likely N-dealkylation sites (tertiary alicyclic amines) is 1. The Morgan fingerprint density at radius 3 is 2.85 bits per heavy atom. The third-order valence-electron chi connectivity index (χ3n) is 3.01. The predicted molar refractivity (Wildman–Crippen MR) is 51.6 cm³/mol. The van der Waals surface area contributed by atoms with Gasteiger partial charge in [0.2, 0.25) is 0 Å². The monoisotopic (exact) mass is 185 g/mol. The second-order valence-electron chi connectivity index (χ2n) is 4.15.